The summed E-state index contributed by atoms with van der Waals surface area (Å²) in [7, 11) is 4.76. The van der Waals surface area contributed by atoms with E-state index in [4.69, 9.17) is 18.9 Å². The zero-order valence-corrected chi connectivity index (χ0v) is 20.7. The van der Waals surface area contributed by atoms with Crippen LogP contribution in [0.4, 0.5) is 0 Å². The lowest BCUT2D eigenvalue weighted by Crippen LogP contribution is -2.38. The molecule has 3 aromatic rings. The van der Waals surface area contributed by atoms with Crippen LogP contribution in [-0.4, -0.2) is 51.3 Å². The Hall–Kier alpha value is -4.26. The second-order valence-corrected chi connectivity index (χ2v) is 8.28. The summed E-state index contributed by atoms with van der Waals surface area (Å²) in [5, 5.41) is 0. The molecule has 1 aliphatic rings. The molecule has 186 valence electrons. The van der Waals surface area contributed by atoms with E-state index < -0.39 is 5.97 Å². The molecule has 0 spiro atoms. The SMILES string of the molecule is COc1ccccc1/C=C(/C(=O)OCC(=O)N1CCc2cc(OC)c(OC)cc2C1)c1ccccc1. The number of carbonyl (C=O) groups excluding carboxylic acids is 2. The van der Waals surface area contributed by atoms with Crippen LogP contribution in [0.5, 0.6) is 17.2 Å². The molecule has 7 nitrogen and oxygen atoms in total. The van der Waals surface area contributed by atoms with Crippen molar-refractivity contribution in [2.75, 3.05) is 34.5 Å². The van der Waals surface area contributed by atoms with E-state index in [9.17, 15) is 9.59 Å². The van der Waals surface area contributed by atoms with Gasteiger partial charge in [-0.3, -0.25) is 4.79 Å². The summed E-state index contributed by atoms with van der Waals surface area (Å²) in [5.74, 6) is 1.08. The third-order valence-electron chi connectivity index (χ3n) is 6.14. The molecule has 4 rings (SSSR count). The Morgan fingerprint density at radius 3 is 2.17 bits per heavy atom. The van der Waals surface area contributed by atoms with Crippen LogP contribution in [0.3, 0.4) is 0 Å². The van der Waals surface area contributed by atoms with Gasteiger partial charge in [0.25, 0.3) is 5.91 Å². The summed E-state index contributed by atoms with van der Waals surface area (Å²) in [6.07, 6.45) is 2.40. The van der Waals surface area contributed by atoms with Crippen molar-refractivity contribution in [1.29, 1.82) is 0 Å². The first-order valence-corrected chi connectivity index (χ1v) is 11.6. The Balaban J connectivity index is 1.49. The zero-order chi connectivity index (χ0) is 25.5. The average Bonchev–Trinajstić information content (AvgIpc) is 2.93. The Kier molecular flexibility index (Phi) is 7.90. The summed E-state index contributed by atoms with van der Waals surface area (Å²) in [6.45, 7) is 0.591. The molecule has 0 radical (unpaired) electrons. The second kappa shape index (κ2) is 11.4. The maximum absolute atomic E-state index is 13.2. The molecule has 0 N–H and O–H groups in total. The minimum absolute atomic E-state index is 0.256. The molecule has 0 bridgehead atoms. The van der Waals surface area contributed by atoms with Gasteiger partial charge in [0.2, 0.25) is 0 Å². The number of hydrogen-bond acceptors (Lipinski definition) is 6. The third kappa shape index (κ3) is 5.51. The third-order valence-corrected chi connectivity index (χ3v) is 6.14. The molecule has 0 unspecified atom stereocenters. The lowest BCUT2D eigenvalue weighted by Gasteiger charge is -2.29. The summed E-state index contributed by atoms with van der Waals surface area (Å²) >= 11 is 0. The fraction of sp³-hybridized carbons (Fsp3) is 0.241. The highest BCUT2D eigenvalue weighted by molar-refractivity contribution is 6.22. The predicted molar refractivity (Wildman–Crippen MR) is 137 cm³/mol. The lowest BCUT2D eigenvalue weighted by molar-refractivity contribution is -0.147. The zero-order valence-electron chi connectivity index (χ0n) is 20.7. The molecule has 36 heavy (non-hydrogen) atoms. The van der Waals surface area contributed by atoms with Crippen molar-refractivity contribution in [3.8, 4) is 17.2 Å². The highest BCUT2D eigenvalue weighted by atomic mass is 16.5. The number of ether oxygens (including phenoxy) is 4. The minimum Gasteiger partial charge on any atom is -0.496 e. The van der Waals surface area contributed by atoms with Crippen LogP contribution in [-0.2, 0) is 27.3 Å². The van der Waals surface area contributed by atoms with Crippen LogP contribution in [0.1, 0.15) is 22.3 Å². The average molecular weight is 488 g/mol. The van der Waals surface area contributed by atoms with Gasteiger partial charge >= 0.3 is 5.97 Å². The number of esters is 1. The standard InChI is InChI=1S/C29H29NO6/c1-33-25-12-8-7-11-22(25)15-24(20-9-5-4-6-10-20)29(32)36-19-28(31)30-14-13-21-16-26(34-2)27(35-3)17-23(21)18-30/h4-12,15-17H,13-14,18-19H2,1-3H3/b24-15+. The van der Waals surface area contributed by atoms with Gasteiger partial charge in [0, 0.05) is 18.7 Å². The highest BCUT2D eigenvalue weighted by Gasteiger charge is 2.24. The first-order valence-electron chi connectivity index (χ1n) is 11.6. The number of amides is 1. The monoisotopic (exact) mass is 487 g/mol. The minimum atomic E-state index is -0.579. The molecule has 0 aromatic heterocycles. The van der Waals surface area contributed by atoms with Crippen LogP contribution < -0.4 is 14.2 Å². The van der Waals surface area contributed by atoms with Gasteiger partial charge in [-0.05, 0) is 47.4 Å². The number of hydrogen-bond donors (Lipinski definition) is 0. The van der Waals surface area contributed by atoms with Crippen molar-refractivity contribution in [1.82, 2.24) is 4.90 Å². The lowest BCUT2D eigenvalue weighted by atomic mass is 9.99. The van der Waals surface area contributed by atoms with Gasteiger partial charge in [-0.1, -0.05) is 48.5 Å². The number of methoxy groups -OCH3 is 3. The fourth-order valence-corrected chi connectivity index (χ4v) is 4.21. The van der Waals surface area contributed by atoms with Crippen LogP contribution in [0.15, 0.2) is 66.7 Å². The van der Waals surface area contributed by atoms with E-state index in [0.29, 0.717) is 47.9 Å². The molecule has 0 aliphatic carbocycles. The summed E-state index contributed by atoms with van der Waals surface area (Å²) < 4.78 is 21.7. The summed E-state index contributed by atoms with van der Waals surface area (Å²) in [5.41, 5.74) is 3.86. The molecule has 0 saturated heterocycles. The van der Waals surface area contributed by atoms with E-state index in [2.05, 4.69) is 0 Å². The number of nitrogens with zero attached hydrogens (tertiary/aromatic N) is 1. The Bertz CT molecular complexity index is 1270. The fourth-order valence-electron chi connectivity index (χ4n) is 4.21. The van der Waals surface area contributed by atoms with E-state index in [0.717, 1.165) is 16.7 Å². The number of rotatable bonds is 8. The number of benzene rings is 3. The van der Waals surface area contributed by atoms with Crippen molar-refractivity contribution in [3.05, 3.63) is 89.0 Å². The van der Waals surface area contributed by atoms with Crippen molar-refractivity contribution in [2.24, 2.45) is 0 Å². The van der Waals surface area contributed by atoms with E-state index in [1.807, 2.05) is 66.7 Å². The van der Waals surface area contributed by atoms with Crippen molar-refractivity contribution in [3.63, 3.8) is 0 Å². The summed E-state index contributed by atoms with van der Waals surface area (Å²) in [6, 6.07) is 20.5. The van der Waals surface area contributed by atoms with Gasteiger partial charge in [0.1, 0.15) is 5.75 Å². The molecular weight excluding hydrogens is 458 g/mol. The summed E-state index contributed by atoms with van der Waals surface area (Å²) in [4.78, 5) is 27.8. The number of fused-ring (bicyclic) bond motifs is 1. The van der Waals surface area contributed by atoms with Crippen LogP contribution in [0, 0.1) is 0 Å². The van der Waals surface area contributed by atoms with E-state index in [1.165, 1.54) is 0 Å². The molecule has 0 saturated carbocycles. The number of para-hydroxylation sites is 1. The molecule has 7 heteroatoms. The second-order valence-electron chi connectivity index (χ2n) is 8.28. The first-order chi connectivity index (χ1) is 17.5. The molecule has 1 aliphatic heterocycles. The largest absolute Gasteiger partial charge is 0.496 e. The van der Waals surface area contributed by atoms with Crippen LogP contribution >= 0.6 is 0 Å². The molecule has 1 amide bonds. The van der Waals surface area contributed by atoms with Gasteiger partial charge in [-0.2, -0.15) is 0 Å². The molecule has 3 aromatic carbocycles. The number of carbonyl (C=O) groups is 2. The van der Waals surface area contributed by atoms with Gasteiger partial charge in [0.05, 0.1) is 26.9 Å². The molecule has 0 atom stereocenters. The maximum atomic E-state index is 13.2. The highest BCUT2D eigenvalue weighted by Crippen LogP contribution is 2.33. The van der Waals surface area contributed by atoms with Gasteiger partial charge in [0.15, 0.2) is 18.1 Å². The first kappa shape index (κ1) is 24.9. The van der Waals surface area contributed by atoms with E-state index in [1.54, 1.807) is 32.3 Å². The smallest absolute Gasteiger partial charge is 0.339 e. The Morgan fingerprint density at radius 2 is 1.47 bits per heavy atom. The molecule has 0 fully saturated rings. The van der Waals surface area contributed by atoms with Crippen LogP contribution in [0.2, 0.25) is 0 Å². The Labute approximate surface area is 210 Å². The van der Waals surface area contributed by atoms with Gasteiger partial charge in [-0.15, -0.1) is 0 Å². The van der Waals surface area contributed by atoms with Crippen LogP contribution in [0.25, 0.3) is 11.6 Å². The van der Waals surface area contributed by atoms with Crippen molar-refractivity contribution in [2.45, 2.75) is 13.0 Å². The van der Waals surface area contributed by atoms with E-state index >= 15 is 0 Å². The maximum Gasteiger partial charge on any atom is 0.339 e. The Morgan fingerprint density at radius 1 is 0.833 bits per heavy atom. The normalized spacial score (nSPS) is 13.0. The molecular formula is C29H29NO6. The topological polar surface area (TPSA) is 74.3 Å². The predicted octanol–water partition coefficient (Wildman–Crippen LogP) is 4.38. The van der Waals surface area contributed by atoms with Gasteiger partial charge < -0.3 is 23.8 Å². The van der Waals surface area contributed by atoms with Crippen molar-refractivity contribution < 1.29 is 28.5 Å². The van der Waals surface area contributed by atoms with Crippen molar-refractivity contribution >= 4 is 23.5 Å². The quantitative estimate of drug-likeness (QED) is 0.267. The van der Waals surface area contributed by atoms with Gasteiger partial charge in [-0.25, -0.2) is 4.79 Å². The van der Waals surface area contributed by atoms with E-state index in [-0.39, 0.29) is 12.5 Å². The molecule has 1 heterocycles.